The Morgan fingerprint density at radius 3 is 2.12 bits per heavy atom. The molecule has 0 fully saturated rings. The van der Waals surface area contributed by atoms with Gasteiger partial charge in [-0.2, -0.15) is 0 Å². The summed E-state index contributed by atoms with van der Waals surface area (Å²) in [4.78, 5) is 9.71. The van der Waals surface area contributed by atoms with Crippen LogP contribution in [-0.2, 0) is 12.8 Å². The van der Waals surface area contributed by atoms with Gasteiger partial charge in [0.1, 0.15) is 5.69 Å². The van der Waals surface area contributed by atoms with E-state index in [4.69, 9.17) is 9.97 Å². The van der Waals surface area contributed by atoms with Gasteiger partial charge in [-0.1, -0.05) is 103 Å². The van der Waals surface area contributed by atoms with Crippen LogP contribution in [0, 0.1) is 0 Å². The van der Waals surface area contributed by atoms with Crippen molar-refractivity contribution in [1.82, 2.24) is 14.4 Å². The third-order valence-electron chi connectivity index (χ3n) is 5.43. The lowest BCUT2D eigenvalue weighted by Crippen LogP contribution is -2.00. The summed E-state index contributed by atoms with van der Waals surface area (Å²) in [5.41, 5.74) is 6.25. The standard InChI is InChI=1S/C28H23N3O/c32-28-24(18-10-15-21-11-4-1-5-12-21)30-27-25(19-22-13-6-2-7-14-22)29-26(20-31(27)28)23-16-8-3-9-17-23/h1-17,20,32H,18-19H2/b15-10+. The predicted molar refractivity (Wildman–Crippen MR) is 129 cm³/mol. The third kappa shape index (κ3) is 4.16. The van der Waals surface area contributed by atoms with Crippen molar-refractivity contribution >= 4 is 11.7 Å². The highest BCUT2D eigenvalue weighted by Crippen LogP contribution is 2.27. The minimum absolute atomic E-state index is 0.159. The average Bonchev–Trinajstić information content (AvgIpc) is 3.17. The van der Waals surface area contributed by atoms with Crippen LogP contribution in [0.4, 0.5) is 0 Å². The second-order valence-corrected chi connectivity index (χ2v) is 7.69. The Morgan fingerprint density at radius 1 is 0.750 bits per heavy atom. The second kappa shape index (κ2) is 8.90. The highest BCUT2D eigenvalue weighted by atomic mass is 16.3. The second-order valence-electron chi connectivity index (χ2n) is 7.69. The monoisotopic (exact) mass is 417 g/mol. The SMILES string of the molecule is Oc1c(C/C=C/c2ccccc2)nc2c(Cc3ccccc3)nc(-c3ccccc3)cn12. The van der Waals surface area contributed by atoms with Crippen molar-refractivity contribution in [3.63, 3.8) is 0 Å². The molecule has 0 saturated heterocycles. The van der Waals surface area contributed by atoms with Crippen LogP contribution < -0.4 is 0 Å². The Hall–Kier alpha value is -4.18. The number of benzene rings is 3. The van der Waals surface area contributed by atoms with Crippen LogP contribution in [0.2, 0.25) is 0 Å². The first-order valence-corrected chi connectivity index (χ1v) is 10.7. The van der Waals surface area contributed by atoms with E-state index < -0.39 is 0 Å². The number of fused-ring (bicyclic) bond motifs is 1. The molecule has 0 spiro atoms. The Labute approximate surface area is 187 Å². The summed E-state index contributed by atoms with van der Waals surface area (Å²) >= 11 is 0. The van der Waals surface area contributed by atoms with Crippen LogP contribution in [0.3, 0.4) is 0 Å². The van der Waals surface area contributed by atoms with Gasteiger partial charge in [0.2, 0.25) is 5.88 Å². The number of hydrogen-bond acceptors (Lipinski definition) is 3. The van der Waals surface area contributed by atoms with Gasteiger partial charge < -0.3 is 5.11 Å². The Kier molecular flexibility index (Phi) is 5.50. The molecule has 5 rings (SSSR count). The van der Waals surface area contributed by atoms with Gasteiger partial charge in [-0.15, -0.1) is 0 Å². The number of imidazole rings is 1. The number of nitrogens with zero attached hydrogens (tertiary/aromatic N) is 3. The van der Waals surface area contributed by atoms with Crippen LogP contribution in [0.15, 0.2) is 103 Å². The molecule has 0 unspecified atom stereocenters. The van der Waals surface area contributed by atoms with Crippen molar-refractivity contribution in [3.8, 4) is 17.1 Å². The maximum atomic E-state index is 11.0. The summed E-state index contributed by atoms with van der Waals surface area (Å²) in [6.45, 7) is 0. The van der Waals surface area contributed by atoms with E-state index in [1.54, 1.807) is 4.40 Å². The highest BCUT2D eigenvalue weighted by molar-refractivity contribution is 5.63. The third-order valence-corrected chi connectivity index (χ3v) is 5.43. The number of aromatic hydroxyl groups is 1. The van der Waals surface area contributed by atoms with Gasteiger partial charge in [0.05, 0.1) is 11.4 Å². The predicted octanol–water partition coefficient (Wildman–Crippen LogP) is 5.95. The summed E-state index contributed by atoms with van der Waals surface area (Å²) in [6, 6.07) is 30.4. The molecule has 0 radical (unpaired) electrons. The van der Waals surface area contributed by atoms with Gasteiger partial charge in [0, 0.05) is 24.6 Å². The maximum Gasteiger partial charge on any atom is 0.219 e. The highest BCUT2D eigenvalue weighted by Gasteiger charge is 2.17. The molecule has 3 aromatic carbocycles. The lowest BCUT2D eigenvalue weighted by molar-refractivity contribution is 0.442. The van der Waals surface area contributed by atoms with E-state index in [0.29, 0.717) is 24.2 Å². The van der Waals surface area contributed by atoms with Crippen molar-refractivity contribution in [2.24, 2.45) is 0 Å². The van der Waals surface area contributed by atoms with Crippen LogP contribution in [-0.4, -0.2) is 19.5 Å². The quantitative estimate of drug-likeness (QED) is 0.371. The molecule has 156 valence electrons. The maximum absolute atomic E-state index is 11.0. The zero-order valence-electron chi connectivity index (χ0n) is 17.6. The van der Waals surface area contributed by atoms with Crippen LogP contribution >= 0.6 is 0 Å². The van der Waals surface area contributed by atoms with Crippen molar-refractivity contribution in [2.45, 2.75) is 12.8 Å². The molecule has 0 aliphatic heterocycles. The van der Waals surface area contributed by atoms with Crippen molar-refractivity contribution in [3.05, 3.63) is 126 Å². The molecule has 4 nitrogen and oxygen atoms in total. The fourth-order valence-electron chi connectivity index (χ4n) is 3.81. The van der Waals surface area contributed by atoms with Crippen molar-refractivity contribution < 1.29 is 5.11 Å². The summed E-state index contributed by atoms with van der Waals surface area (Å²) in [5.74, 6) is 0.159. The molecule has 2 heterocycles. The lowest BCUT2D eigenvalue weighted by atomic mass is 10.1. The summed E-state index contributed by atoms with van der Waals surface area (Å²) in [5, 5.41) is 11.0. The fraction of sp³-hybridized carbons (Fsp3) is 0.0714. The van der Waals surface area contributed by atoms with Crippen LogP contribution in [0.1, 0.15) is 22.5 Å². The number of rotatable bonds is 6. The first-order chi connectivity index (χ1) is 15.8. The van der Waals surface area contributed by atoms with E-state index in [-0.39, 0.29) is 5.88 Å². The van der Waals surface area contributed by atoms with Gasteiger partial charge in [-0.3, -0.25) is 4.40 Å². The first kappa shape index (κ1) is 19.8. The summed E-state index contributed by atoms with van der Waals surface area (Å²) in [6.07, 6.45) is 7.11. The zero-order valence-corrected chi connectivity index (χ0v) is 17.6. The molecule has 1 N–H and O–H groups in total. The molecule has 32 heavy (non-hydrogen) atoms. The molecule has 0 atom stereocenters. The van der Waals surface area contributed by atoms with E-state index in [0.717, 1.165) is 28.1 Å². The van der Waals surface area contributed by atoms with E-state index in [1.165, 1.54) is 0 Å². The molecular weight excluding hydrogens is 394 g/mol. The number of allylic oxidation sites excluding steroid dienone is 1. The molecule has 5 aromatic rings. The van der Waals surface area contributed by atoms with Gasteiger partial charge in [0.15, 0.2) is 5.65 Å². The van der Waals surface area contributed by atoms with Gasteiger partial charge in [-0.25, -0.2) is 9.97 Å². The van der Waals surface area contributed by atoms with E-state index >= 15 is 0 Å². The van der Waals surface area contributed by atoms with Gasteiger partial charge in [0.25, 0.3) is 0 Å². The molecule has 0 amide bonds. The normalized spacial score (nSPS) is 11.4. The van der Waals surface area contributed by atoms with Crippen LogP contribution in [0.5, 0.6) is 5.88 Å². The smallest absolute Gasteiger partial charge is 0.219 e. The molecule has 4 heteroatoms. The van der Waals surface area contributed by atoms with Crippen LogP contribution in [0.25, 0.3) is 23.0 Å². The lowest BCUT2D eigenvalue weighted by Gasteiger charge is -2.08. The van der Waals surface area contributed by atoms with Crippen molar-refractivity contribution in [1.29, 1.82) is 0 Å². The van der Waals surface area contributed by atoms with E-state index in [1.807, 2.05) is 97.2 Å². The van der Waals surface area contributed by atoms with Crippen molar-refractivity contribution in [2.75, 3.05) is 0 Å². The molecule has 0 saturated carbocycles. The van der Waals surface area contributed by atoms with E-state index in [2.05, 4.69) is 12.1 Å². The molecule has 0 aliphatic rings. The molecule has 2 aromatic heterocycles. The summed E-state index contributed by atoms with van der Waals surface area (Å²) in [7, 11) is 0. The minimum atomic E-state index is 0.159. The zero-order chi connectivity index (χ0) is 21.8. The topological polar surface area (TPSA) is 50.4 Å². The minimum Gasteiger partial charge on any atom is -0.493 e. The largest absolute Gasteiger partial charge is 0.493 e. The van der Waals surface area contributed by atoms with Gasteiger partial charge >= 0.3 is 0 Å². The fourth-order valence-corrected chi connectivity index (χ4v) is 3.81. The first-order valence-electron chi connectivity index (χ1n) is 10.7. The Morgan fingerprint density at radius 2 is 1.41 bits per heavy atom. The number of aromatic nitrogens is 3. The van der Waals surface area contributed by atoms with E-state index in [9.17, 15) is 5.11 Å². The molecule has 0 aliphatic carbocycles. The average molecular weight is 418 g/mol. The Bertz CT molecular complexity index is 1360. The molecule has 0 bridgehead atoms. The molecular formula is C28H23N3O. The summed E-state index contributed by atoms with van der Waals surface area (Å²) < 4.78 is 1.76. The Balaban J connectivity index is 1.56. The van der Waals surface area contributed by atoms with Gasteiger partial charge in [-0.05, 0) is 11.1 Å². The number of hydrogen-bond donors (Lipinski definition) is 1.